The maximum Gasteiger partial charge on any atom is 0.182 e. The van der Waals surface area contributed by atoms with E-state index in [0.29, 0.717) is 0 Å². The van der Waals surface area contributed by atoms with Crippen LogP contribution in [0.3, 0.4) is 0 Å². The van der Waals surface area contributed by atoms with E-state index in [1.807, 2.05) is 12.1 Å². The minimum absolute atomic E-state index is 0.726. The first-order chi connectivity index (χ1) is 23.3. The molecule has 3 fully saturated rings. The van der Waals surface area contributed by atoms with Gasteiger partial charge in [-0.05, 0) is 89.1 Å². The van der Waals surface area contributed by atoms with Crippen molar-refractivity contribution in [2.75, 3.05) is 0 Å². The van der Waals surface area contributed by atoms with Crippen molar-refractivity contribution in [2.24, 2.45) is 11.8 Å². The van der Waals surface area contributed by atoms with Crippen LogP contribution in [0, 0.1) is 11.8 Å². The summed E-state index contributed by atoms with van der Waals surface area (Å²) in [5, 5.41) is 0. The summed E-state index contributed by atoms with van der Waals surface area (Å²) in [7, 11) is 0. The van der Waals surface area contributed by atoms with Crippen molar-refractivity contribution < 1.29 is 4.42 Å². The summed E-state index contributed by atoms with van der Waals surface area (Å²) in [5.74, 6) is 2.52. The lowest BCUT2D eigenvalue weighted by molar-refractivity contribution is 0.145. The van der Waals surface area contributed by atoms with Crippen molar-refractivity contribution >= 4 is 11.1 Å². The molecule has 3 nitrogen and oxygen atoms in total. The average molecular weight is 609 g/mol. The second-order valence-electron chi connectivity index (χ2n) is 13.4. The van der Waals surface area contributed by atoms with E-state index in [4.69, 9.17) is 14.4 Å². The molecule has 0 saturated heterocycles. The maximum atomic E-state index is 6.08. The summed E-state index contributed by atoms with van der Waals surface area (Å²) in [6.45, 7) is 0. The number of oxazole rings is 1. The first kappa shape index (κ1) is 28.0. The number of pyridine rings is 1. The van der Waals surface area contributed by atoms with Crippen molar-refractivity contribution in [1.82, 2.24) is 9.97 Å². The van der Waals surface area contributed by atoms with Crippen LogP contribution in [-0.4, -0.2) is 9.97 Å². The summed E-state index contributed by atoms with van der Waals surface area (Å²) in [5.41, 5.74) is 14.0. The first-order valence-electron chi connectivity index (χ1n) is 17.0. The van der Waals surface area contributed by atoms with Crippen LogP contribution < -0.4 is 0 Å². The van der Waals surface area contributed by atoms with E-state index in [2.05, 4.69) is 121 Å². The molecule has 3 aliphatic carbocycles. The molecule has 5 aromatic carbocycles. The quantitative estimate of drug-likeness (QED) is 0.188. The van der Waals surface area contributed by atoms with E-state index in [1.165, 1.54) is 43.2 Å². The Bertz CT molecular complexity index is 2120. The Balaban J connectivity index is 1.07. The van der Waals surface area contributed by atoms with Gasteiger partial charge in [0.05, 0.1) is 11.4 Å². The normalized spacial score (nSPS) is 18.9. The van der Waals surface area contributed by atoms with E-state index < -0.39 is 0 Å². The SMILES string of the molecule is c1ccc(-c2cc(-c3cccc(-c4ccc(-c5ccc(C6CC7CCC6CC7)cc5)c5ocnc45)c3)cc(-c3ccccc3)n2)cc1. The molecule has 0 amide bonds. The monoisotopic (exact) mass is 608 g/mol. The molecule has 1 unspecified atom stereocenters. The Hall–Kier alpha value is -5.28. The zero-order valence-electron chi connectivity index (χ0n) is 26.3. The largest absolute Gasteiger partial charge is 0.443 e. The number of aromatic nitrogens is 2. The molecule has 1 atom stereocenters. The highest BCUT2D eigenvalue weighted by atomic mass is 16.3. The Morgan fingerprint density at radius 2 is 1.15 bits per heavy atom. The summed E-state index contributed by atoms with van der Waals surface area (Å²) in [6, 6.07) is 47.6. The third-order valence-electron chi connectivity index (χ3n) is 10.7. The third-order valence-corrected chi connectivity index (χ3v) is 10.7. The van der Waals surface area contributed by atoms with Crippen molar-refractivity contribution in [3.63, 3.8) is 0 Å². The van der Waals surface area contributed by atoms with Crippen molar-refractivity contribution in [2.45, 2.75) is 38.0 Å². The Labute approximate surface area is 276 Å². The fourth-order valence-electron chi connectivity index (χ4n) is 8.18. The molecule has 0 radical (unpaired) electrons. The van der Waals surface area contributed by atoms with Gasteiger partial charge in [-0.1, -0.05) is 122 Å². The lowest BCUT2D eigenvalue weighted by Gasteiger charge is -2.42. The van der Waals surface area contributed by atoms with Gasteiger partial charge in [-0.25, -0.2) is 9.97 Å². The molecule has 0 N–H and O–H groups in total. The van der Waals surface area contributed by atoms with Gasteiger partial charge in [0.1, 0.15) is 5.52 Å². The van der Waals surface area contributed by atoms with E-state index in [0.717, 1.165) is 79.2 Å². The molecule has 2 bridgehead atoms. The molecule has 0 aliphatic heterocycles. The summed E-state index contributed by atoms with van der Waals surface area (Å²) >= 11 is 0. The predicted molar refractivity (Wildman–Crippen MR) is 192 cm³/mol. The summed E-state index contributed by atoms with van der Waals surface area (Å²) in [4.78, 5) is 9.80. The average Bonchev–Trinajstić information content (AvgIpc) is 3.66. The second kappa shape index (κ2) is 11.8. The van der Waals surface area contributed by atoms with Crippen LogP contribution in [0.5, 0.6) is 0 Å². The zero-order valence-corrected chi connectivity index (χ0v) is 26.3. The van der Waals surface area contributed by atoms with E-state index in [-0.39, 0.29) is 0 Å². The Morgan fingerprint density at radius 3 is 1.81 bits per heavy atom. The van der Waals surface area contributed by atoms with Gasteiger partial charge in [-0.15, -0.1) is 0 Å². The van der Waals surface area contributed by atoms with Crippen LogP contribution >= 0.6 is 0 Å². The summed E-state index contributed by atoms with van der Waals surface area (Å²) in [6.07, 6.45) is 8.62. The highest BCUT2D eigenvalue weighted by Gasteiger charge is 2.36. The molecule has 3 aliphatic rings. The minimum atomic E-state index is 0.726. The Morgan fingerprint density at radius 1 is 0.511 bits per heavy atom. The van der Waals surface area contributed by atoms with Gasteiger partial charge in [0.15, 0.2) is 12.0 Å². The third kappa shape index (κ3) is 5.26. The van der Waals surface area contributed by atoms with Gasteiger partial charge in [-0.3, -0.25) is 0 Å². The topological polar surface area (TPSA) is 38.9 Å². The number of benzene rings is 5. The van der Waals surface area contributed by atoms with Gasteiger partial charge < -0.3 is 4.42 Å². The van der Waals surface area contributed by atoms with Crippen molar-refractivity contribution in [3.05, 3.63) is 145 Å². The van der Waals surface area contributed by atoms with Crippen LogP contribution in [0.1, 0.15) is 43.6 Å². The van der Waals surface area contributed by atoms with Crippen LogP contribution in [0.25, 0.3) is 67.0 Å². The van der Waals surface area contributed by atoms with E-state index in [1.54, 1.807) is 6.39 Å². The molecule has 7 aromatic rings. The lowest BCUT2D eigenvalue weighted by atomic mass is 9.63. The number of fused-ring (bicyclic) bond motifs is 4. The standard InChI is InChI=1S/C44H36N2O/c1-3-8-33(9-4-1)41-26-37(27-42(46-41)34-10-5-2-6-11-34)35-12-7-13-36(25-35)38-22-23-39(44-43(38)45-28-47-44)30-18-20-32(21-19-30)40-24-29-14-16-31(40)17-15-29/h1-13,18-23,25-29,31,40H,14-17,24H2. The van der Waals surface area contributed by atoms with Gasteiger partial charge >= 0.3 is 0 Å². The maximum absolute atomic E-state index is 6.08. The van der Waals surface area contributed by atoms with Crippen molar-refractivity contribution in [3.8, 4) is 55.9 Å². The van der Waals surface area contributed by atoms with Crippen LogP contribution in [0.2, 0.25) is 0 Å². The van der Waals surface area contributed by atoms with Crippen LogP contribution in [-0.2, 0) is 0 Å². The number of nitrogens with zero attached hydrogens (tertiary/aromatic N) is 2. The number of hydrogen-bond acceptors (Lipinski definition) is 3. The fraction of sp³-hybridized carbons (Fsp3) is 0.182. The number of hydrogen-bond donors (Lipinski definition) is 0. The van der Waals surface area contributed by atoms with Gasteiger partial charge in [0.2, 0.25) is 0 Å². The minimum Gasteiger partial charge on any atom is -0.443 e. The molecule has 228 valence electrons. The first-order valence-corrected chi connectivity index (χ1v) is 17.0. The van der Waals surface area contributed by atoms with Gasteiger partial charge in [0.25, 0.3) is 0 Å². The fourth-order valence-corrected chi connectivity index (χ4v) is 8.18. The summed E-state index contributed by atoms with van der Waals surface area (Å²) < 4.78 is 6.08. The van der Waals surface area contributed by atoms with Gasteiger partial charge in [0, 0.05) is 22.3 Å². The molecule has 0 spiro atoms. The van der Waals surface area contributed by atoms with Crippen LogP contribution in [0.4, 0.5) is 0 Å². The predicted octanol–water partition coefficient (Wildman–Crippen LogP) is 11.9. The van der Waals surface area contributed by atoms with Crippen molar-refractivity contribution in [1.29, 1.82) is 0 Å². The highest BCUT2D eigenvalue weighted by Crippen LogP contribution is 2.50. The Kier molecular flexibility index (Phi) is 7.04. The molecule has 47 heavy (non-hydrogen) atoms. The second-order valence-corrected chi connectivity index (χ2v) is 13.4. The molecule has 2 aromatic heterocycles. The van der Waals surface area contributed by atoms with E-state index in [9.17, 15) is 0 Å². The smallest absolute Gasteiger partial charge is 0.182 e. The molecule has 10 rings (SSSR count). The van der Waals surface area contributed by atoms with Gasteiger partial charge in [-0.2, -0.15) is 0 Å². The molecule has 3 heteroatoms. The zero-order chi connectivity index (χ0) is 31.2. The molecule has 3 saturated carbocycles. The lowest BCUT2D eigenvalue weighted by Crippen LogP contribution is -2.29. The van der Waals surface area contributed by atoms with E-state index >= 15 is 0 Å². The number of rotatable bonds is 6. The molecule has 2 heterocycles. The molecular weight excluding hydrogens is 572 g/mol. The molecular formula is C44H36N2O. The highest BCUT2D eigenvalue weighted by molar-refractivity contribution is 6.00. The van der Waals surface area contributed by atoms with Crippen LogP contribution in [0.15, 0.2) is 144 Å².